The molecule has 0 aromatic heterocycles. The van der Waals surface area contributed by atoms with E-state index in [1.165, 1.54) is 0 Å². The van der Waals surface area contributed by atoms with Crippen LogP contribution in [-0.2, 0) is 15.1 Å². The van der Waals surface area contributed by atoms with E-state index in [9.17, 15) is 0 Å². The fourth-order valence-electron chi connectivity index (χ4n) is 1.36. The summed E-state index contributed by atoms with van der Waals surface area (Å²) < 4.78 is 0. The zero-order chi connectivity index (χ0) is 14.6. The van der Waals surface area contributed by atoms with Crippen LogP contribution in [0.2, 0.25) is 0 Å². The molecular weight excluding hydrogens is 299 g/mol. The van der Waals surface area contributed by atoms with E-state index in [2.05, 4.69) is 87.1 Å². The van der Waals surface area contributed by atoms with Crippen molar-refractivity contribution in [2.45, 2.75) is 0 Å². The minimum atomic E-state index is 1.14. The van der Waals surface area contributed by atoms with Crippen molar-refractivity contribution in [2.24, 2.45) is 0 Å². The van der Waals surface area contributed by atoms with Crippen LogP contribution in [0.25, 0.3) is 0 Å². The Labute approximate surface area is 126 Å². The average molecular weight is 329 g/mol. The predicted octanol–water partition coefficient (Wildman–Crippen LogP) is 0.660. The molecular formula is C12H30ClCuN4+. The zero-order valence-corrected chi connectivity index (χ0v) is 14.4. The van der Waals surface area contributed by atoms with Crippen LogP contribution in [0.5, 0.6) is 0 Å². The van der Waals surface area contributed by atoms with Crippen molar-refractivity contribution in [2.75, 3.05) is 81.6 Å². The first-order valence-electron chi connectivity index (χ1n) is 6.19. The van der Waals surface area contributed by atoms with E-state index < -0.39 is 0 Å². The Kier molecular flexibility index (Phi) is 16.4. The number of hydrogen-bond donors (Lipinski definition) is 0. The second kappa shape index (κ2) is 14.1. The molecule has 0 fully saturated rings. The van der Waals surface area contributed by atoms with Crippen LogP contribution in [0.3, 0.4) is 0 Å². The van der Waals surface area contributed by atoms with Crippen LogP contribution in [-0.4, -0.2) is 101 Å². The molecule has 0 unspecified atom stereocenters. The molecule has 0 spiro atoms. The van der Waals surface area contributed by atoms with Gasteiger partial charge in [-0.2, -0.15) is 0 Å². The summed E-state index contributed by atoms with van der Waals surface area (Å²) in [7, 11) is 17.0. The number of hydrogen-bond acceptors (Lipinski definition) is 4. The van der Waals surface area contributed by atoms with Crippen molar-refractivity contribution in [3.8, 4) is 0 Å². The van der Waals surface area contributed by atoms with Crippen molar-refractivity contribution >= 4 is 10.1 Å². The fourth-order valence-corrected chi connectivity index (χ4v) is 1.36. The monoisotopic (exact) mass is 328 g/mol. The fraction of sp³-hybridized carbons (Fsp3) is 1.00. The molecule has 115 valence electrons. The molecule has 0 aromatic rings. The Morgan fingerprint density at radius 2 is 0.778 bits per heavy atom. The number of likely N-dealkylation sites (N-methyl/N-ethyl adjacent to an activating group) is 3. The summed E-state index contributed by atoms with van der Waals surface area (Å²) in [6, 6.07) is 0. The van der Waals surface area contributed by atoms with Gasteiger partial charge in [-0.25, -0.2) is 0 Å². The van der Waals surface area contributed by atoms with Gasteiger partial charge in [0, 0.05) is 39.3 Å². The van der Waals surface area contributed by atoms with Gasteiger partial charge in [0.1, 0.15) is 0 Å². The Hall–Kier alpha value is 0.649. The van der Waals surface area contributed by atoms with Crippen LogP contribution in [0, 0.1) is 0 Å². The summed E-state index contributed by atoms with van der Waals surface area (Å²) in [4.78, 5) is 9.29. The molecule has 0 saturated heterocycles. The molecule has 0 aliphatic heterocycles. The SMILES string of the molecule is CN(C)CCN(CCN(C)C)CCN(C)C.[Cl][Cu+]. The van der Waals surface area contributed by atoms with Gasteiger partial charge in [-0.05, 0) is 42.3 Å². The van der Waals surface area contributed by atoms with Gasteiger partial charge in [0.2, 0.25) is 0 Å². The molecule has 0 atom stereocenters. The van der Waals surface area contributed by atoms with E-state index in [4.69, 9.17) is 0 Å². The minimum absolute atomic E-state index is 1.14. The van der Waals surface area contributed by atoms with E-state index >= 15 is 0 Å². The summed E-state index contributed by atoms with van der Waals surface area (Å²) >= 11 is 3.66. The molecule has 6 heteroatoms. The summed E-state index contributed by atoms with van der Waals surface area (Å²) in [5, 5.41) is 0. The molecule has 0 aromatic carbocycles. The maximum absolute atomic E-state index is 4.20. The molecule has 0 bridgehead atoms. The van der Waals surface area contributed by atoms with Crippen LogP contribution in [0.1, 0.15) is 0 Å². The quantitative estimate of drug-likeness (QED) is 0.576. The number of nitrogens with zero attached hydrogens (tertiary/aromatic N) is 4. The van der Waals surface area contributed by atoms with Gasteiger partial charge in [0.05, 0.1) is 0 Å². The second-order valence-electron chi connectivity index (χ2n) is 5.25. The zero-order valence-electron chi connectivity index (χ0n) is 12.7. The molecule has 0 radical (unpaired) electrons. The normalized spacial score (nSPS) is 11.4. The van der Waals surface area contributed by atoms with Crippen LogP contribution in [0.15, 0.2) is 0 Å². The molecule has 0 saturated carbocycles. The third kappa shape index (κ3) is 16.6. The van der Waals surface area contributed by atoms with Crippen molar-refractivity contribution in [1.82, 2.24) is 19.6 Å². The topological polar surface area (TPSA) is 13.0 Å². The van der Waals surface area contributed by atoms with Gasteiger partial charge < -0.3 is 14.7 Å². The molecule has 4 nitrogen and oxygen atoms in total. The van der Waals surface area contributed by atoms with Gasteiger partial charge in [-0.1, -0.05) is 0 Å². The molecule has 0 rings (SSSR count). The van der Waals surface area contributed by atoms with E-state index in [-0.39, 0.29) is 0 Å². The van der Waals surface area contributed by atoms with Crippen molar-refractivity contribution < 1.29 is 15.1 Å². The van der Waals surface area contributed by atoms with Crippen LogP contribution in [0.4, 0.5) is 0 Å². The first-order valence-corrected chi connectivity index (χ1v) is 7.49. The Bertz CT molecular complexity index is 140. The second-order valence-corrected chi connectivity index (χ2v) is 5.25. The average Bonchev–Trinajstić information content (AvgIpc) is 2.29. The van der Waals surface area contributed by atoms with Crippen LogP contribution >= 0.6 is 10.1 Å². The van der Waals surface area contributed by atoms with Gasteiger partial charge in [-0.3, -0.25) is 4.90 Å². The first kappa shape index (κ1) is 21.0. The third-order valence-corrected chi connectivity index (χ3v) is 2.59. The maximum atomic E-state index is 4.20. The number of halogens is 1. The van der Waals surface area contributed by atoms with Crippen molar-refractivity contribution in [3.63, 3.8) is 0 Å². The van der Waals surface area contributed by atoms with Gasteiger partial charge in [-0.15, -0.1) is 0 Å². The molecule has 18 heavy (non-hydrogen) atoms. The third-order valence-electron chi connectivity index (χ3n) is 2.59. The summed E-state index contributed by atoms with van der Waals surface area (Å²) in [6.07, 6.45) is 0. The molecule has 0 N–H and O–H groups in total. The van der Waals surface area contributed by atoms with E-state index in [1.54, 1.807) is 0 Å². The van der Waals surface area contributed by atoms with E-state index in [0.717, 1.165) is 39.3 Å². The molecule has 0 aliphatic carbocycles. The Morgan fingerprint density at radius 1 is 0.556 bits per heavy atom. The van der Waals surface area contributed by atoms with E-state index in [1.807, 2.05) is 0 Å². The number of rotatable bonds is 9. The van der Waals surface area contributed by atoms with E-state index in [0.29, 0.717) is 0 Å². The van der Waals surface area contributed by atoms with Crippen molar-refractivity contribution in [3.05, 3.63) is 0 Å². The summed E-state index contributed by atoms with van der Waals surface area (Å²) in [5.74, 6) is 0. The summed E-state index contributed by atoms with van der Waals surface area (Å²) in [5.41, 5.74) is 0. The standard InChI is InChI=1S/C12H30N4.ClH.Cu/c1-13(2)7-10-16(11-8-14(3)4)12-9-15(5)6;;/h7-12H2,1-6H3;1H;/q;;+2/p-1. The van der Waals surface area contributed by atoms with Crippen molar-refractivity contribution in [1.29, 1.82) is 0 Å². The Morgan fingerprint density at radius 3 is 0.944 bits per heavy atom. The Balaban J connectivity index is 0. The van der Waals surface area contributed by atoms with Gasteiger partial charge in [0.15, 0.2) is 0 Å². The molecule has 0 heterocycles. The summed E-state index contributed by atoms with van der Waals surface area (Å²) in [6.45, 7) is 6.90. The first-order chi connectivity index (χ1) is 8.41. The molecule has 0 amide bonds. The van der Waals surface area contributed by atoms with Crippen LogP contribution < -0.4 is 0 Å². The van der Waals surface area contributed by atoms with Gasteiger partial charge in [0.25, 0.3) is 0 Å². The van der Waals surface area contributed by atoms with Gasteiger partial charge >= 0.3 is 25.2 Å². The predicted molar refractivity (Wildman–Crippen MR) is 78.0 cm³/mol. The molecule has 0 aliphatic rings.